The van der Waals surface area contributed by atoms with Gasteiger partial charge in [-0.2, -0.15) is 0 Å². The third kappa shape index (κ3) is 9.20. The molecule has 44 heavy (non-hydrogen) atoms. The molecule has 2 N–H and O–H groups in total. The highest BCUT2D eigenvalue weighted by Gasteiger charge is 2.20. The summed E-state index contributed by atoms with van der Waals surface area (Å²) in [7, 11) is 0. The van der Waals surface area contributed by atoms with Crippen molar-refractivity contribution in [1.82, 2.24) is 10.6 Å². The Morgan fingerprint density at radius 1 is 0.500 bits per heavy atom. The molecule has 3 rings (SSSR count). The molecule has 10 heteroatoms. The molecule has 0 aliphatic rings. The van der Waals surface area contributed by atoms with Gasteiger partial charge in [0.05, 0.1) is 39.6 Å². The number of hydrogen-bond acceptors (Lipinski definition) is 8. The number of rotatable bonds is 18. The minimum atomic E-state index is -0.278. The first-order chi connectivity index (χ1) is 21.4. The standard InChI is InChI=1S/C34H44N2O8/c1-7-39-27-17-25(18-28(40-8-2)31(27)43-11-5)33(37)35-21-23-14-13-15-24(16-23)22-36-34(38)26-19-29(41-9-3)32(44-12-6)30(20-26)42-10-4/h13-20H,7-12,21-22H2,1-6H3,(H,35,37)(H,36,38). The fraction of sp³-hybridized carbons (Fsp3) is 0.412. The fourth-order valence-electron chi connectivity index (χ4n) is 4.46. The summed E-state index contributed by atoms with van der Waals surface area (Å²) in [4.78, 5) is 26.2. The van der Waals surface area contributed by atoms with E-state index < -0.39 is 0 Å². The lowest BCUT2D eigenvalue weighted by atomic mass is 10.1. The van der Waals surface area contributed by atoms with Gasteiger partial charge in [-0.1, -0.05) is 24.3 Å². The summed E-state index contributed by atoms with van der Waals surface area (Å²) >= 11 is 0. The van der Waals surface area contributed by atoms with Crippen LogP contribution >= 0.6 is 0 Å². The van der Waals surface area contributed by atoms with Gasteiger partial charge in [0.1, 0.15) is 0 Å². The zero-order valence-electron chi connectivity index (χ0n) is 26.5. The van der Waals surface area contributed by atoms with Crippen LogP contribution in [0.5, 0.6) is 34.5 Å². The van der Waals surface area contributed by atoms with E-state index in [1.54, 1.807) is 24.3 Å². The molecule has 2 amide bonds. The molecule has 0 bridgehead atoms. The monoisotopic (exact) mass is 608 g/mol. The number of amides is 2. The van der Waals surface area contributed by atoms with Crippen LogP contribution in [0, 0.1) is 0 Å². The molecule has 0 atom stereocenters. The molecule has 0 radical (unpaired) electrons. The highest BCUT2D eigenvalue weighted by Crippen LogP contribution is 2.40. The molecular weight excluding hydrogens is 564 g/mol. The van der Waals surface area contributed by atoms with E-state index in [0.29, 0.717) is 85.3 Å². The highest BCUT2D eigenvalue weighted by atomic mass is 16.5. The predicted molar refractivity (Wildman–Crippen MR) is 169 cm³/mol. The number of nitrogens with one attached hydrogen (secondary N) is 2. The molecule has 238 valence electrons. The van der Waals surface area contributed by atoms with Crippen LogP contribution in [-0.2, 0) is 13.1 Å². The SMILES string of the molecule is CCOc1cc(C(=O)NCc2cccc(CNC(=O)c3cc(OCC)c(OCC)c(OCC)c3)c2)cc(OCC)c1OCC. The Morgan fingerprint density at radius 3 is 1.11 bits per heavy atom. The topological polar surface area (TPSA) is 114 Å². The summed E-state index contributed by atoms with van der Waals surface area (Å²) in [6.07, 6.45) is 0. The summed E-state index contributed by atoms with van der Waals surface area (Å²) < 4.78 is 34.4. The van der Waals surface area contributed by atoms with E-state index in [0.717, 1.165) is 11.1 Å². The van der Waals surface area contributed by atoms with Crippen LogP contribution in [0.25, 0.3) is 0 Å². The Balaban J connectivity index is 1.70. The van der Waals surface area contributed by atoms with E-state index in [9.17, 15) is 9.59 Å². The zero-order valence-corrected chi connectivity index (χ0v) is 26.5. The Morgan fingerprint density at radius 2 is 0.818 bits per heavy atom. The maximum absolute atomic E-state index is 13.1. The number of carbonyl (C=O) groups is 2. The lowest BCUT2D eigenvalue weighted by molar-refractivity contribution is 0.0942. The summed E-state index contributed by atoms with van der Waals surface area (Å²) in [5.74, 6) is 2.23. The van der Waals surface area contributed by atoms with Crippen molar-refractivity contribution in [2.45, 2.75) is 54.6 Å². The zero-order chi connectivity index (χ0) is 31.9. The van der Waals surface area contributed by atoms with Gasteiger partial charge in [0.15, 0.2) is 23.0 Å². The van der Waals surface area contributed by atoms with E-state index in [1.807, 2.05) is 65.8 Å². The second kappa shape index (κ2) is 17.5. The van der Waals surface area contributed by atoms with Gasteiger partial charge in [-0.05, 0) is 76.9 Å². The summed E-state index contributed by atoms with van der Waals surface area (Å²) in [5, 5.41) is 5.91. The van der Waals surface area contributed by atoms with E-state index in [2.05, 4.69) is 10.6 Å². The van der Waals surface area contributed by atoms with Crippen molar-refractivity contribution in [3.63, 3.8) is 0 Å². The predicted octanol–water partition coefficient (Wildman–Crippen LogP) is 5.94. The van der Waals surface area contributed by atoms with Crippen LogP contribution < -0.4 is 39.1 Å². The molecule has 3 aromatic rings. The van der Waals surface area contributed by atoms with Crippen LogP contribution in [-0.4, -0.2) is 51.5 Å². The van der Waals surface area contributed by atoms with Gasteiger partial charge in [-0.25, -0.2) is 0 Å². The molecule has 0 heterocycles. The van der Waals surface area contributed by atoms with Crippen LogP contribution in [0.15, 0.2) is 48.5 Å². The normalized spacial score (nSPS) is 10.5. The molecule has 3 aromatic carbocycles. The van der Waals surface area contributed by atoms with Crippen LogP contribution in [0.1, 0.15) is 73.4 Å². The first kappa shape index (κ1) is 33.9. The molecule has 0 aliphatic heterocycles. The minimum Gasteiger partial charge on any atom is -0.490 e. The molecule has 0 aromatic heterocycles. The summed E-state index contributed by atoms with van der Waals surface area (Å²) in [6, 6.07) is 14.3. The lowest BCUT2D eigenvalue weighted by Gasteiger charge is -2.17. The first-order valence-corrected chi connectivity index (χ1v) is 15.2. The third-order valence-electron chi connectivity index (χ3n) is 6.24. The molecule has 10 nitrogen and oxygen atoms in total. The van der Waals surface area contributed by atoms with Gasteiger partial charge in [0.25, 0.3) is 11.8 Å². The van der Waals surface area contributed by atoms with Crippen molar-refractivity contribution in [2.24, 2.45) is 0 Å². The van der Waals surface area contributed by atoms with Crippen molar-refractivity contribution < 1.29 is 38.0 Å². The Labute approximate surface area is 259 Å². The van der Waals surface area contributed by atoms with E-state index in [1.165, 1.54) is 0 Å². The lowest BCUT2D eigenvalue weighted by Crippen LogP contribution is -2.24. The summed E-state index contributed by atoms with van der Waals surface area (Å²) in [6.45, 7) is 14.3. The molecule has 0 unspecified atom stereocenters. The van der Waals surface area contributed by atoms with Crippen molar-refractivity contribution in [3.05, 3.63) is 70.8 Å². The molecule has 0 aliphatic carbocycles. The molecule has 0 saturated heterocycles. The van der Waals surface area contributed by atoms with Crippen LogP contribution in [0.3, 0.4) is 0 Å². The average molecular weight is 609 g/mol. The summed E-state index contributed by atoms with van der Waals surface area (Å²) in [5.41, 5.74) is 2.56. The van der Waals surface area contributed by atoms with Gasteiger partial charge in [-0.15, -0.1) is 0 Å². The fourth-order valence-corrected chi connectivity index (χ4v) is 4.46. The molecule has 0 fully saturated rings. The van der Waals surface area contributed by atoms with E-state index >= 15 is 0 Å². The molecule has 0 spiro atoms. The number of hydrogen-bond donors (Lipinski definition) is 2. The van der Waals surface area contributed by atoms with E-state index in [4.69, 9.17) is 28.4 Å². The van der Waals surface area contributed by atoms with Crippen LogP contribution in [0.2, 0.25) is 0 Å². The van der Waals surface area contributed by atoms with Crippen molar-refractivity contribution in [2.75, 3.05) is 39.6 Å². The van der Waals surface area contributed by atoms with Crippen LogP contribution in [0.4, 0.5) is 0 Å². The number of carbonyl (C=O) groups excluding carboxylic acids is 2. The number of benzene rings is 3. The highest BCUT2D eigenvalue weighted by molar-refractivity contribution is 5.96. The minimum absolute atomic E-state index is 0.278. The van der Waals surface area contributed by atoms with Gasteiger partial charge in [-0.3, -0.25) is 9.59 Å². The van der Waals surface area contributed by atoms with Gasteiger partial charge >= 0.3 is 0 Å². The molecular formula is C34H44N2O8. The second-order valence-corrected chi connectivity index (χ2v) is 9.39. The van der Waals surface area contributed by atoms with Gasteiger partial charge in [0.2, 0.25) is 11.5 Å². The smallest absolute Gasteiger partial charge is 0.251 e. The third-order valence-corrected chi connectivity index (χ3v) is 6.24. The van der Waals surface area contributed by atoms with Gasteiger partial charge < -0.3 is 39.1 Å². The Bertz CT molecular complexity index is 1240. The van der Waals surface area contributed by atoms with Crippen molar-refractivity contribution in [3.8, 4) is 34.5 Å². The largest absolute Gasteiger partial charge is 0.490 e. The Hall–Kier alpha value is -4.60. The van der Waals surface area contributed by atoms with E-state index in [-0.39, 0.29) is 24.9 Å². The second-order valence-electron chi connectivity index (χ2n) is 9.39. The first-order valence-electron chi connectivity index (χ1n) is 15.2. The van der Waals surface area contributed by atoms with Crippen molar-refractivity contribution >= 4 is 11.8 Å². The number of ether oxygens (including phenoxy) is 6. The maximum Gasteiger partial charge on any atom is 0.251 e. The maximum atomic E-state index is 13.1. The average Bonchev–Trinajstić information content (AvgIpc) is 3.02. The molecule has 0 saturated carbocycles. The van der Waals surface area contributed by atoms with Gasteiger partial charge in [0, 0.05) is 24.2 Å². The quantitative estimate of drug-likeness (QED) is 0.183. The van der Waals surface area contributed by atoms with Crippen molar-refractivity contribution in [1.29, 1.82) is 0 Å². The Kier molecular flexibility index (Phi) is 13.5.